The molecular formula is C15H15ClN4O3. The summed E-state index contributed by atoms with van der Waals surface area (Å²) in [6, 6.07) is 4.73. The van der Waals surface area contributed by atoms with E-state index >= 15 is 0 Å². The number of carbonyl (C=O) groups is 2. The third-order valence-corrected chi connectivity index (χ3v) is 3.93. The van der Waals surface area contributed by atoms with Gasteiger partial charge >= 0.3 is 0 Å². The first-order valence-corrected chi connectivity index (χ1v) is 7.62. The molecule has 2 amide bonds. The number of phenols is 1. The average molecular weight is 335 g/mol. The molecule has 0 atom stereocenters. The minimum atomic E-state index is -0.184. The zero-order chi connectivity index (χ0) is 16.4. The zero-order valence-electron chi connectivity index (χ0n) is 12.3. The first-order chi connectivity index (χ1) is 11.0. The third kappa shape index (κ3) is 3.50. The van der Waals surface area contributed by atoms with E-state index in [1.165, 1.54) is 11.1 Å². The molecule has 1 aromatic rings. The van der Waals surface area contributed by atoms with E-state index in [1.54, 1.807) is 12.1 Å². The Labute approximate surface area is 137 Å². The summed E-state index contributed by atoms with van der Waals surface area (Å²) in [6.07, 6.45) is 1.50. The summed E-state index contributed by atoms with van der Waals surface area (Å²) in [7, 11) is 0. The van der Waals surface area contributed by atoms with Crippen LogP contribution in [-0.2, 0) is 9.59 Å². The largest absolute Gasteiger partial charge is 0.507 e. The molecule has 0 saturated carbocycles. The molecule has 0 saturated heterocycles. The van der Waals surface area contributed by atoms with Crippen LogP contribution < -0.4 is 5.43 Å². The number of nitrogens with zero attached hydrogens (tertiary/aromatic N) is 3. The van der Waals surface area contributed by atoms with Gasteiger partial charge < -0.3 is 5.11 Å². The molecule has 0 unspecified atom stereocenters. The van der Waals surface area contributed by atoms with Gasteiger partial charge in [0.05, 0.1) is 18.7 Å². The van der Waals surface area contributed by atoms with Crippen LogP contribution >= 0.6 is 11.6 Å². The number of hydrogen-bond donors (Lipinski definition) is 2. The lowest BCUT2D eigenvalue weighted by atomic mass is 10.1. The van der Waals surface area contributed by atoms with Crippen LogP contribution in [0.5, 0.6) is 5.75 Å². The number of hydrogen-bond acceptors (Lipinski definition) is 5. The van der Waals surface area contributed by atoms with Crippen LogP contribution in [0.3, 0.4) is 0 Å². The number of nitrogens with one attached hydrogen (secondary N) is 1. The van der Waals surface area contributed by atoms with E-state index in [-0.39, 0.29) is 24.0 Å². The third-order valence-electron chi connectivity index (χ3n) is 3.69. The lowest BCUT2D eigenvalue weighted by molar-refractivity contribution is -0.129. The molecule has 23 heavy (non-hydrogen) atoms. The predicted octanol–water partition coefficient (Wildman–Crippen LogP) is 1.64. The molecular weight excluding hydrogens is 320 g/mol. The second-order valence-electron chi connectivity index (χ2n) is 5.36. The molecule has 2 heterocycles. The molecule has 3 rings (SSSR count). The molecule has 0 bridgehead atoms. The van der Waals surface area contributed by atoms with Gasteiger partial charge in [-0.2, -0.15) is 10.2 Å². The van der Waals surface area contributed by atoms with E-state index in [0.717, 1.165) is 0 Å². The topological polar surface area (TPSA) is 94.4 Å². The Hall–Kier alpha value is -2.41. The Morgan fingerprint density at radius 3 is 2.91 bits per heavy atom. The van der Waals surface area contributed by atoms with Gasteiger partial charge in [-0.05, 0) is 24.6 Å². The maximum Gasteiger partial charge on any atom is 0.248 e. The highest BCUT2D eigenvalue weighted by molar-refractivity contribution is 6.31. The summed E-state index contributed by atoms with van der Waals surface area (Å²) in [5.74, 6) is -0.239. The Bertz CT molecular complexity index is 729. The molecule has 120 valence electrons. The molecule has 2 N–H and O–H groups in total. The van der Waals surface area contributed by atoms with Crippen molar-refractivity contribution in [2.45, 2.75) is 25.7 Å². The van der Waals surface area contributed by atoms with Gasteiger partial charge in [-0.3, -0.25) is 9.59 Å². The monoisotopic (exact) mass is 334 g/mol. The molecule has 7 nitrogen and oxygen atoms in total. The van der Waals surface area contributed by atoms with E-state index in [0.29, 0.717) is 47.8 Å². The fourth-order valence-electron chi connectivity index (χ4n) is 2.47. The maximum absolute atomic E-state index is 12.3. The summed E-state index contributed by atoms with van der Waals surface area (Å²) in [4.78, 5) is 23.3. The van der Waals surface area contributed by atoms with Crippen molar-refractivity contribution in [1.29, 1.82) is 0 Å². The first kappa shape index (κ1) is 15.5. The van der Waals surface area contributed by atoms with Gasteiger partial charge in [0.25, 0.3) is 0 Å². The van der Waals surface area contributed by atoms with Crippen molar-refractivity contribution in [3.8, 4) is 5.75 Å². The average Bonchev–Trinajstić information content (AvgIpc) is 3.02. The SMILES string of the molecule is O=C1CCC(CC(=O)N2CCC(c3cc(Cl)ccc3O)=N2)=NN1. The fourth-order valence-corrected chi connectivity index (χ4v) is 2.64. The van der Waals surface area contributed by atoms with Crippen LogP contribution in [0, 0.1) is 0 Å². The number of aromatic hydroxyl groups is 1. The van der Waals surface area contributed by atoms with Crippen LogP contribution in [0.2, 0.25) is 5.02 Å². The van der Waals surface area contributed by atoms with Gasteiger partial charge in [-0.1, -0.05) is 11.6 Å². The standard InChI is InChI=1S/C15H15ClN4O3/c16-9-1-3-13(21)11(7-9)12-5-6-20(19-12)15(23)8-10-2-4-14(22)18-17-10/h1,3,7,21H,2,4-6,8H2,(H,18,22). The van der Waals surface area contributed by atoms with Crippen molar-refractivity contribution in [3.63, 3.8) is 0 Å². The van der Waals surface area contributed by atoms with Gasteiger partial charge in [0.2, 0.25) is 11.8 Å². The first-order valence-electron chi connectivity index (χ1n) is 7.24. The van der Waals surface area contributed by atoms with Gasteiger partial charge in [0.1, 0.15) is 5.75 Å². The van der Waals surface area contributed by atoms with Crippen molar-refractivity contribution in [2.75, 3.05) is 6.54 Å². The normalized spacial score (nSPS) is 17.6. The van der Waals surface area contributed by atoms with Crippen molar-refractivity contribution in [3.05, 3.63) is 28.8 Å². The molecule has 8 heteroatoms. The highest BCUT2D eigenvalue weighted by Crippen LogP contribution is 2.26. The molecule has 0 radical (unpaired) electrons. The van der Waals surface area contributed by atoms with Crippen molar-refractivity contribution in [1.82, 2.24) is 10.4 Å². The summed E-state index contributed by atoms with van der Waals surface area (Å²) < 4.78 is 0. The highest BCUT2D eigenvalue weighted by atomic mass is 35.5. The number of halogens is 1. The minimum Gasteiger partial charge on any atom is -0.507 e. The lowest BCUT2D eigenvalue weighted by Crippen LogP contribution is -2.30. The summed E-state index contributed by atoms with van der Waals surface area (Å²) >= 11 is 5.94. The Morgan fingerprint density at radius 1 is 1.35 bits per heavy atom. The van der Waals surface area contributed by atoms with E-state index < -0.39 is 0 Å². The van der Waals surface area contributed by atoms with Gasteiger partial charge in [-0.25, -0.2) is 10.4 Å². The van der Waals surface area contributed by atoms with Gasteiger partial charge in [-0.15, -0.1) is 0 Å². The number of hydrazone groups is 2. The number of carbonyl (C=O) groups excluding carboxylic acids is 2. The summed E-state index contributed by atoms with van der Waals surface area (Å²) in [5, 5.41) is 19.9. The van der Waals surface area contributed by atoms with Gasteiger partial charge in [0, 0.05) is 29.1 Å². The zero-order valence-corrected chi connectivity index (χ0v) is 13.0. The molecule has 2 aliphatic heterocycles. The number of phenolic OH excluding ortho intramolecular Hbond substituents is 1. The highest BCUT2D eigenvalue weighted by Gasteiger charge is 2.25. The molecule has 0 aliphatic carbocycles. The molecule has 0 spiro atoms. The van der Waals surface area contributed by atoms with Crippen molar-refractivity contribution < 1.29 is 14.7 Å². The minimum absolute atomic E-state index is 0.0850. The van der Waals surface area contributed by atoms with E-state index in [9.17, 15) is 14.7 Å². The van der Waals surface area contributed by atoms with Crippen LogP contribution in [0.25, 0.3) is 0 Å². The Morgan fingerprint density at radius 2 is 2.17 bits per heavy atom. The van der Waals surface area contributed by atoms with Crippen molar-refractivity contribution >= 4 is 34.8 Å². The fraction of sp³-hybridized carbons (Fsp3) is 0.333. The van der Waals surface area contributed by atoms with Crippen LogP contribution in [0.4, 0.5) is 0 Å². The van der Waals surface area contributed by atoms with Crippen LogP contribution in [-0.4, -0.2) is 39.9 Å². The Kier molecular flexibility index (Phi) is 4.29. The number of amides is 2. The number of rotatable bonds is 3. The second kappa shape index (κ2) is 6.37. The van der Waals surface area contributed by atoms with Gasteiger partial charge in [0.15, 0.2) is 0 Å². The van der Waals surface area contributed by atoms with E-state index in [4.69, 9.17) is 11.6 Å². The number of benzene rings is 1. The molecule has 0 fully saturated rings. The smallest absolute Gasteiger partial charge is 0.248 e. The quantitative estimate of drug-likeness (QED) is 0.879. The molecule has 2 aliphatic rings. The summed E-state index contributed by atoms with van der Waals surface area (Å²) in [6.45, 7) is 0.444. The second-order valence-corrected chi connectivity index (χ2v) is 5.80. The predicted molar refractivity (Wildman–Crippen MR) is 85.4 cm³/mol. The molecule has 1 aromatic carbocycles. The van der Waals surface area contributed by atoms with E-state index in [2.05, 4.69) is 15.6 Å². The van der Waals surface area contributed by atoms with E-state index in [1.807, 2.05) is 0 Å². The molecule has 0 aromatic heterocycles. The summed E-state index contributed by atoms with van der Waals surface area (Å²) in [5.41, 5.74) is 4.17. The van der Waals surface area contributed by atoms with Crippen molar-refractivity contribution in [2.24, 2.45) is 10.2 Å². The Balaban J connectivity index is 1.70. The van der Waals surface area contributed by atoms with Crippen LogP contribution in [0.15, 0.2) is 28.4 Å². The van der Waals surface area contributed by atoms with Crippen LogP contribution in [0.1, 0.15) is 31.2 Å². The lowest BCUT2D eigenvalue weighted by Gasteiger charge is -2.14. The maximum atomic E-state index is 12.3.